The highest BCUT2D eigenvalue weighted by atomic mass is 15.2. The van der Waals surface area contributed by atoms with Crippen LogP contribution < -0.4 is 10.6 Å². The van der Waals surface area contributed by atoms with Gasteiger partial charge in [0.05, 0.1) is 0 Å². The van der Waals surface area contributed by atoms with Crippen LogP contribution in [0.25, 0.3) is 0 Å². The Kier molecular flexibility index (Phi) is 7.25. The van der Waals surface area contributed by atoms with Crippen molar-refractivity contribution >= 4 is 5.96 Å². The summed E-state index contributed by atoms with van der Waals surface area (Å²) >= 11 is 0. The van der Waals surface area contributed by atoms with E-state index in [9.17, 15) is 0 Å². The molecule has 0 aliphatic heterocycles. The number of guanidine groups is 1. The summed E-state index contributed by atoms with van der Waals surface area (Å²) in [4.78, 5) is 4.36. The van der Waals surface area contributed by atoms with Gasteiger partial charge in [-0.25, -0.2) is 0 Å². The molecule has 0 aliphatic rings. The van der Waals surface area contributed by atoms with Crippen LogP contribution in [0.15, 0.2) is 4.99 Å². The fourth-order valence-corrected chi connectivity index (χ4v) is 0.934. The Morgan fingerprint density at radius 3 is 1.71 bits per heavy atom. The van der Waals surface area contributed by atoms with Crippen LogP contribution in [0.5, 0.6) is 0 Å². The maximum absolute atomic E-state index is 4.36. The van der Waals surface area contributed by atoms with Crippen molar-refractivity contribution in [3.8, 4) is 0 Å². The third-order valence-corrected chi connectivity index (χ3v) is 1.67. The third kappa shape index (κ3) is 7.90. The molecule has 0 radical (unpaired) electrons. The van der Waals surface area contributed by atoms with Crippen molar-refractivity contribution in [2.24, 2.45) is 16.8 Å². The molecule has 0 aliphatic carbocycles. The fourth-order valence-electron chi connectivity index (χ4n) is 0.934. The standard InChI is InChI=1S/C11H25N3/c1-6-12-11(13-7-9(2)3)14-8-10(4)5/h9-10H,6-8H2,1-5H3,(H2,12,13,14). The largest absolute Gasteiger partial charge is 0.356 e. The van der Waals surface area contributed by atoms with Gasteiger partial charge in [-0.05, 0) is 18.8 Å². The molecule has 0 saturated carbocycles. The highest BCUT2D eigenvalue weighted by Gasteiger charge is 2.00. The monoisotopic (exact) mass is 199 g/mol. The summed E-state index contributed by atoms with van der Waals surface area (Å²) in [5.74, 6) is 2.24. The molecule has 14 heavy (non-hydrogen) atoms. The summed E-state index contributed by atoms with van der Waals surface area (Å²) in [7, 11) is 0. The Morgan fingerprint density at radius 1 is 1.00 bits per heavy atom. The molecule has 0 atom stereocenters. The molecule has 0 saturated heterocycles. The topological polar surface area (TPSA) is 36.4 Å². The van der Waals surface area contributed by atoms with Gasteiger partial charge in [0.25, 0.3) is 0 Å². The van der Waals surface area contributed by atoms with Crippen molar-refractivity contribution in [1.29, 1.82) is 0 Å². The van der Waals surface area contributed by atoms with Crippen LogP contribution in [-0.2, 0) is 0 Å². The van der Waals surface area contributed by atoms with Crippen molar-refractivity contribution in [3.63, 3.8) is 0 Å². The van der Waals surface area contributed by atoms with Gasteiger partial charge in [-0.15, -0.1) is 0 Å². The van der Waals surface area contributed by atoms with Crippen molar-refractivity contribution < 1.29 is 0 Å². The average Bonchev–Trinajstić information content (AvgIpc) is 2.09. The molecular formula is C11H25N3. The first kappa shape index (κ1) is 13.3. The van der Waals surface area contributed by atoms with Crippen LogP contribution in [0.2, 0.25) is 0 Å². The van der Waals surface area contributed by atoms with E-state index in [1.54, 1.807) is 0 Å². The maximum atomic E-state index is 4.36. The maximum Gasteiger partial charge on any atom is 0.191 e. The van der Waals surface area contributed by atoms with Crippen molar-refractivity contribution in [2.45, 2.75) is 34.6 Å². The zero-order valence-electron chi connectivity index (χ0n) is 10.2. The van der Waals surface area contributed by atoms with E-state index in [2.05, 4.69) is 43.3 Å². The zero-order chi connectivity index (χ0) is 11.0. The molecule has 0 amide bonds. The van der Waals surface area contributed by atoms with Gasteiger partial charge in [-0.1, -0.05) is 27.7 Å². The summed E-state index contributed by atoms with van der Waals surface area (Å²) in [6, 6.07) is 0. The quantitative estimate of drug-likeness (QED) is 0.524. The van der Waals surface area contributed by atoms with Crippen molar-refractivity contribution in [1.82, 2.24) is 10.6 Å². The minimum absolute atomic E-state index is 0.651. The van der Waals surface area contributed by atoms with E-state index in [0.717, 1.165) is 25.6 Å². The van der Waals surface area contributed by atoms with E-state index < -0.39 is 0 Å². The van der Waals surface area contributed by atoms with Gasteiger partial charge in [-0.3, -0.25) is 4.99 Å². The van der Waals surface area contributed by atoms with E-state index in [0.29, 0.717) is 11.8 Å². The van der Waals surface area contributed by atoms with E-state index in [1.807, 2.05) is 6.92 Å². The second-order valence-electron chi connectivity index (χ2n) is 4.37. The van der Waals surface area contributed by atoms with E-state index in [-0.39, 0.29) is 0 Å². The molecule has 0 unspecified atom stereocenters. The molecule has 0 aromatic heterocycles. The highest BCUT2D eigenvalue weighted by Crippen LogP contribution is 1.89. The van der Waals surface area contributed by atoms with Crippen LogP contribution in [-0.4, -0.2) is 25.6 Å². The number of nitrogens with one attached hydrogen (secondary N) is 2. The Balaban J connectivity index is 3.84. The van der Waals surface area contributed by atoms with Gasteiger partial charge in [0.1, 0.15) is 0 Å². The predicted octanol–water partition coefficient (Wildman–Crippen LogP) is 1.85. The first-order chi connectivity index (χ1) is 6.56. The Bertz CT molecular complexity index is 148. The molecule has 0 heterocycles. The molecule has 0 aromatic rings. The average molecular weight is 199 g/mol. The SMILES string of the molecule is CCN=C(NCC(C)C)NCC(C)C. The lowest BCUT2D eigenvalue weighted by Crippen LogP contribution is -2.40. The van der Waals surface area contributed by atoms with E-state index in [1.165, 1.54) is 0 Å². The fraction of sp³-hybridized carbons (Fsp3) is 0.909. The molecule has 0 aromatic carbocycles. The predicted molar refractivity (Wildman–Crippen MR) is 63.7 cm³/mol. The van der Waals surface area contributed by atoms with Gasteiger partial charge in [-0.2, -0.15) is 0 Å². The molecule has 3 heteroatoms. The van der Waals surface area contributed by atoms with Crippen LogP contribution in [0.3, 0.4) is 0 Å². The van der Waals surface area contributed by atoms with E-state index in [4.69, 9.17) is 0 Å². The summed E-state index contributed by atoms with van der Waals surface area (Å²) in [5.41, 5.74) is 0. The lowest BCUT2D eigenvalue weighted by atomic mass is 10.2. The van der Waals surface area contributed by atoms with Crippen LogP contribution >= 0.6 is 0 Å². The van der Waals surface area contributed by atoms with E-state index >= 15 is 0 Å². The Morgan fingerprint density at radius 2 is 1.43 bits per heavy atom. The molecule has 0 rings (SSSR count). The molecule has 2 N–H and O–H groups in total. The molecular weight excluding hydrogens is 174 g/mol. The molecule has 0 fully saturated rings. The summed E-state index contributed by atoms with van der Waals surface area (Å²) in [6.45, 7) is 13.6. The summed E-state index contributed by atoms with van der Waals surface area (Å²) < 4.78 is 0. The van der Waals surface area contributed by atoms with Gasteiger partial charge in [0, 0.05) is 19.6 Å². The number of hydrogen-bond donors (Lipinski definition) is 2. The Labute approximate surface area is 88.4 Å². The lowest BCUT2D eigenvalue weighted by Gasteiger charge is -2.15. The van der Waals surface area contributed by atoms with Crippen LogP contribution in [0, 0.1) is 11.8 Å². The van der Waals surface area contributed by atoms with Crippen LogP contribution in [0.4, 0.5) is 0 Å². The number of hydrogen-bond acceptors (Lipinski definition) is 1. The minimum atomic E-state index is 0.651. The minimum Gasteiger partial charge on any atom is -0.356 e. The summed E-state index contributed by atoms with van der Waals surface area (Å²) in [5, 5.41) is 6.63. The van der Waals surface area contributed by atoms with Gasteiger partial charge in [0.2, 0.25) is 0 Å². The number of rotatable bonds is 5. The zero-order valence-corrected chi connectivity index (χ0v) is 10.2. The van der Waals surface area contributed by atoms with Crippen LogP contribution in [0.1, 0.15) is 34.6 Å². The van der Waals surface area contributed by atoms with Crippen molar-refractivity contribution in [3.05, 3.63) is 0 Å². The first-order valence-electron chi connectivity index (χ1n) is 5.58. The smallest absolute Gasteiger partial charge is 0.191 e. The second kappa shape index (κ2) is 7.65. The summed E-state index contributed by atoms with van der Waals surface area (Å²) in [6.07, 6.45) is 0. The molecule has 3 nitrogen and oxygen atoms in total. The second-order valence-corrected chi connectivity index (χ2v) is 4.37. The number of aliphatic imine (C=N–C) groups is 1. The third-order valence-electron chi connectivity index (χ3n) is 1.67. The van der Waals surface area contributed by atoms with Gasteiger partial charge < -0.3 is 10.6 Å². The first-order valence-corrected chi connectivity index (χ1v) is 5.58. The van der Waals surface area contributed by atoms with Gasteiger partial charge in [0.15, 0.2) is 5.96 Å². The Hall–Kier alpha value is -0.730. The molecule has 0 bridgehead atoms. The lowest BCUT2D eigenvalue weighted by molar-refractivity contribution is 0.588. The normalized spacial score (nSPS) is 10.5. The molecule has 84 valence electrons. The van der Waals surface area contributed by atoms with Crippen molar-refractivity contribution in [2.75, 3.05) is 19.6 Å². The molecule has 0 spiro atoms. The number of nitrogens with zero attached hydrogens (tertiary/aromatic N) is 1. The van der Waals surface area contributed by atoms with Gasteiger partial charge >= 0.3 is 0 Å². The highest BCUT2D eigenvalue weighted by molar-refractivity contribution is 5.79.